The maximum Gasteiger partial charge on any atom is 0.243 e. The summed E-state index contributed by atoms with van der Waals surface area (Å²) in [6.45, 7) is 2.18. The Balaban J connectivity index is 1.32. The smallest absolute Gasteiger partial charge is 0.243 e. The molecule has 0 unspecified atom stereocenters. The van der Waals surface area contributed by atoms with Gasteiger partial charge in [-0.3, -0.25) is 9.69 Å². The maximum atomic E-state index is 13.0. The summed E-state index contributed by atoms with van der Waals surface area (Å²) in [6, 6.07) is 13.0. The highest BCUT2D eigenvalue weighted by Crippen LogP contribution is 2.39. The van der Waals surface area contributed by atoms with Gasteiger partial charge in [0.1, 0.15) is 0 Å². The van der Waals surface area contributed by atoms with Gasteiger partial charge >= 0.3 is 0 Å². The van der Waals surface area contributed by atoms with Crippen molar-refractivity contribution in [3.05, 3.63) is 68.5 Å². The van der Waals surface area contributed by atoms with E-state index in [4.69, 9.17) is 0 Å². The quantitative estimate of drug-likeness (QED) is 0.566. The summed E-state index contributed by atoms with van der Waals surface area (Å²) in [5, 5.41) is 7.11. The molecule has 0 bridgehead atoms. The van der Waals surface area contributed by atoms with Crippen LogP contribution in [0.1, 0.15) is 34.2 Å². The normalized spacial score (nSPS) is 19.7. The Morgan fingerprint density at radius 2 is 1.88 bits per heavy atom. The van der Waals surface area contributed by atoms with Gasteiger partial charge in [0, 0.05) is 35.1 Å². The molecule has 1 amide bonds. The maximum absolute atomic E-state index is 13.0. The summed E-state index contributed by atoms with van der Waals surface area (Å²) in [7, 11) is -3.52. The Hall–Kier alpha value is -2.04. The van der Waals surface area contributed by atoms with Crippen LogP contribution >= 0.6 is 22.7 Å². The molecule has 4 heterocycles. The minimum absolute atomic E-state index is 0.0811. The van der Waals surface area contributed by atoms with Gasteiger partial charge in [-0.1, -0.05) is 12.1 Å². The summed E-state index contributed by atoms with van der Waals surface area (Å²) in [5.74, 6) is -0.138. The van der Waals surface area contributed by atoms with Gasteiger partial charge in [0.25, 0.3) is 0 Å². The second-order valence-electron chi connectivity index (χ2n) is 8.12. The molecule has 0 aliphatic carbocycles. The SMILES string of the molecule is O=C(CN1CCc2sccc2[C@H]1c1cccs1)Nc1cccc(S(=O)(=O)N2CCCC2)c1. The number of hydrogen-bond donors (Lipinski definition) is 1. The number of carbonyl (C=O) groups excluding carboxylic acids is 1. The zero-order valence-corrected chi connectivity index (χ0v) is 20.0. The molecule has 0 spiro atoms. The largest absolute Gasteiger partial charge is 0.325 e. The lowest BCUT2D eigenvalue weighted by molar-refractivity contribution is -0.117. The molecule has 32 heavy (non-hydrogen) atoms. The average molecular weight is 488 g/mol. The van der Waals surface area contributed by atoms with E-state index in [1.54, 1.807) is 46.9 Å². The molecule has 9 heteroatoms. The molecule has 1 atom stereocenters. The number of carbonyl (C=O) groups is 1. The zero-order chi connectivity index (χ0) is 22.1. The van der Waals surface area contributed by atoms with Crippen molar-refractivity contribution in [3.63, 3.8) is 0 Å². The van der Waals surface area contributed by atoms with Crippen molar-refractivity contribution in [2.45, 2.75) is 30.2 Å². The molecule has 0 saturated carbocycles. The minimum atomic E-state index is -3.52. The predicted molar refractivity (Wildman–Crippen MR) is 129 cm³/mol. The number of rotatable bonds is 6. The minimum Gasteiger partial charge on any atom is -0.325 e. The second kappa shape index (κ2) is 9.07. The van der Waals surface area contributed by atoms with Crippen molar-refractivity contribution in [2.24, 2.45) is 0 Å². The Kier molecular flexibility index (Phi) is 6.18. The molecule has 3 aromatic rings. The standard InChI is InChI=1S/C23H25N3O3S3/c27-22(24-17-5-3-6-18(15-17)32(28,29)26-10-1-2-11-26)16-25-12-8-20-19(9-14-31-20)23(25)21-7-4-13-30-21/h3-7,9,13-15,23H,1-2,8,10-12,16H2,(H,24,27)/t23-/m0/s1. The van der Waals surface area contributed by atoms with E-state index < -0.39 is 10.0 Å². The monoisotopic (exact) mass is 487 g/mol. The van der Waals surface area contributed by atoms with Crippen molar-refractivity contribution in [3.8, 4) is 0 Å². The van der Waals surface area contributed by atoms with Crippen LogP contribution in [0.4, 0.5) is 5.69 Å². The van der Waals surface area contributed by atoms with E-state index in [0.29, 0.717) is 18.8 Å². The van der Waals surface area contributed by atoms with Gasteiger partial charge < -0.3 is 5.32 Å². The predicted octanol–water partition coefficient (Wildman–Crippen LogP) is 4.18. The first-order valence-electron chi connectivity index (χ1n) is 10.8. The van der Waals surface area contributed by atoms with Crippen LogP contribution in [0, 0.1) is 0 Å². The van der Waals surface area contributed by atoms with Gasteiger partial charge in [0.15, 0.2) is 0 Å². The van der Waals surface area contributed by atoms with Gasteiger partial charge in [-0.15, -0.1) is 22.7 Å². The molecule has 0 radical (unpaired) electrons. The molecule has 1 N–H and O–H groups in total. The summed E-state index contributed by atoms with van der Waals surface area (Å²) in [4.78, 5) is 18.0. The van der Waals surface area contributed by atoms with Crippen molar-refractivity contribution in [2.75, 3.05) is 31.5 Å². The van der Waals surface area contributed by atoms with Crippen LogP contribution in [-0.4, -0.2) is 49.7 Å². The van der Waals surface area contributed by atoms with Crippen LogP contribution in [0.2, 0.25) is 0 Å². The molecule has 2 aromatic heterocycles. The van der Waals surface area contributed by atoms with E-state index in [1.807, 2.05) is 6.07 Å². The number of sulfonamides is 1. The number of hydrogen-bond acceptors (Lipinski definition) is 6. The molecule has 2 aliphatic rings. The third kappa shape index (κ3) is 4.27. The highest BCUT2D eigenvalue weighted by atomic mass is 32.2. The van der Waals surface area contributed by atoms with Crippen LogP contribution in [0.5, 0.6) is 0 Å². The van der Waals surface area contributed by atoms with Crippen LogP contribution in [0.25, 0.3) is 0 Å². The lowest BCUT2D eigenvalue weighted by Gasteiger charge is -2.34. The van der Waals surface area contributed by atoms with Gasteiger partial charge in [0.2, 0.25) is 15.9 Å². The molecule has 1 saturated heterocycles. The van der Waals surface area contributed by atoms with E-state index in [9.17, 15) is 13.2 Å². The number of nitrogens with one attached hydrogen (secondary N) is 1. The number of nitrogens with zero attached hydrogens (tertiary/aromatic N) is 2. The second-order valence-corrected chi connectivity index (χ2v) is 12.0. The molecule has 1 aromatic carbocycles. The van der Waals surface area contributed by atoms with E-state index in [-0.39, 0.29) is 23.4 Å². The molecule has 168 valence electrons. The Morgan fingerprint density at radius 1 is 1.03 bits per heavy atom. The van der Waals surface area contributed by atoms with Gasteiger partial charge in [0.05, 0.1) is 17.5 Å². The van der Waals surface area contributed by atoms with E-state index in [0.717, 1.165) is 25.8 Å². The first-order valence-corrected chi connectivity index (χ1v) is 14.0. The fraction of sp³-hybridized carbons (Fsp3) is 0.348. The van der Waals surface area contributed by atoms with Crippen LogP contribution in [-0.2, 0) is 21.2 Å². The summed E-state index contributed by atoms with van der Waals surface area (Å²) in [5.41, 5.74) is 1.80. The van der Waals surface area contributed by atoms with Crippen molar-refractivity contribution < 1.29 is 13.2 Å². The van der Waals surface area contributed by atoms with E-state index >= 15 is 0 Å². The van der Waals surface area contributed by atoms with E-state index in [1.165, 1.54) is 19.6 Å². The van der Waals surface area contributed by atoms with Crippen molar-refractivity contribution >= 4 is 44.3 Å². The van der Waals surface area contributed by atoms with Crippen LogP contribution in [0.3, 0.4) is 0 Å². The first-order chi connectivity index (χ1) is 15.5. The van der Waals surface area contributed by atoms with Crippen LogP contribution < -0.4 is 5.32 Å². The molecule has 5 rings (SSSR count). The topological polar surface area (TPSA) is 69.7 Å². The number of amides is 1. The zero-order valence-electron chi connectivity index (χ0n) is 17.6. The summed E-state index contributed by atoms with van der Waals surface area (Å²) < 4.78 is 27.2. The average Bonchev–Trinajstić information content (AvgIpc) is 3.56. The summed E-state index contributed by atoms with van der Waals surface area (Å²) in [6.07, 6.45) is 2.72. The van der Waals surface area contributed by atoms with E-state index in [2.05, 4.69) is 33.1 Å². The first kappa shape index (κ1) is 21.8. The third-order valence-corrected chi connectivity index (χ3v) is 9.86. The fourth-order valence-corrected chi connectivity index (χ4v) is 7.86. The third-order valence-electron chi connectivity index (χ3n) is 6.05. The lowest BCUT2D eigenvalue weighted by atomic mass is 9.98. The van der Waals surface area contributed by atoms with Gasteiger partial charge in [-0.25, -0.2) is 8.42 Å². The Morgan fingerprint density at radius 3 is 2.66 bits per heavy atom. The summed E-state index contributed by atoms with van der Waals surface area (Å²) >= 11 is 3.49. The fourth-order valence-electron chi connectivity index (χ4n) is 4.52. The number of benzene rings is 1. The highest BCUT2D eigenvalue weighted by Gasteiger charge is 2.32. The number of fused-ring (bicyclic) bond motifs is 1. The molecule has 6 nitrogen and oxygen atoms in total. The lowest BCUT2D eigenvalue weighted by Crippen LogP contribution is -2.40. The molecular weight excluding hydrogens is 462 g/mol. The molecule has 2 aliphatic heterocycles. The Labute approximate surface area is 196 Å². The Bertz CT molecular complexity index is 1200. The van der Waals surface area contributed by atoms with Gasteiger partial charge in [-0.2, -0.15) is 4.31 Å². The highest BCUT2D eigenvalue weighted by molar-refractivity contribution is 7.89. The number of anilines is 1. The van der Waals surface area contributed by atoms with Crippen molar-refractivity contribution in [1.82, 2.24) is 9.21 Å². The number of thiophene rings is 2. The molecular formula is C23H25N3O3S3. The van der Waals surface area contributed by atoms with Crippen LogP contribution in [0.15, 0.2) is 58.1 Å². The van der Waals surface area contributed by atoms with Gasteiger partial charge in [-0.05, 0) is 65.9 Å². The van der Waals surface area contributed by atoms with Crippen molar-refractivity contribution in [1.29, 1.82) is 0 Å². The molecule has 1 fully saturated rings.